The summed E-state index contributed by atoms with van der Waals surface area (Å²) in [6, 6.07) is 12.1. The molecule has 0 spiro atoms. The van der Waals surface area contributed by atoms with Crippen LogP contribution in [0, 0.1) is 6.92 Å². The first kappa shape index (κ1) is 14.4. The van der Waals surface area contributed by atoms with Crippen LogP contribution in [-0.2, 0) is 0 Å². The number of aromatic nitrogens is 3. The van der Waals surface area contributed by atoms with Crippen molar-refractivity contribution in [3.63, 3.8) is 0 Å². The molecule has 1 N–H and O–H groups in total. The molecule has 3 aromatic rings. The van der Waals surface area contributed by atoms with Gasteiger partial charge in [0, 0.05) is 30.7 Å². The number of aliphatic hydroxyl groups is 1. The van der Waals surface area contributed by atoms with E-state index in [0.717, 1.165) is 28.0 Å². The summed E-state index contributed by atoms with van der Waals surface area (Å²) in [6.07, 6.45) is 1.82. The van der Waals surface area contributed by atoms with E-state index in [1.54, 1.807) is 0 Å². The number of hydrogen-bond acceptors (Lipinski definition) is 5. The third-order valence-electron chi connectivity index (χ3n) is 3.61. The van der Waals surface area contributed by atoms with Gasteiger partial charge in [-0.3, -0.25) is 4.98 Å². The molecule has 22 heavy (non-hydrogen) atoms. The maximum atomic E-state index is 8.96. The molecule has 0 saturated carbocycles. The molecule has 0 bridgehead atoms. The molecule has 2 aromatic heterocycles. The van der Waals surface area contributed by atoms with Gasteiger partial charge in [-0.2, -0.15) is 0 Å². The molecule has 3 rings (SSSR count). The molecule has 0 fully saturated rings. The molecule has 112 valence electrons. The van der Waals surface area contributed by atoms with Crippen molar-refractivity contribution >= 4 is 16.7 Å². The second-order valence-corrected chi connectivity index (χ2v) is 5.34. The molecule has 0 aliphatic carbocycles. The average Bonchev–Trinajstić information content (AvgIpc) is 2.54. The average molecular weight is 294 g/mol. The van der Waals surface area contributed by atoms with Gasteiger partial charge in [0.05, 0.1) is 17.8 Å². The van der Waals surface area contributed by atoms with Crippen molar-refractivity contribution in [2.24, 2.45) is 0 Å². The highest BCUT2D eigenvalue weighted by molar-refractivity contribution is 5.83. The largest absolute Gasteiger partial charge is 0.395 e. The number of aliphatic hydroxyl groups excluding tert-OH is 1. The minimum absolute atomic E-state index is 0.0911. The van der Waals surface area contributed by atoms with Crippen molar-refractivity contribution in [2.45, 2.75) is 6.92 Å². The predicted octanol–water partition coefficient (Wildman–Crippen LogP) is 2.43. The highest BCUT2D eigenvalue weighted by atomic mass is 16.3. The molecule has 0 atom stereocenters. The quantitative estimate of drug-likeness (QED) is 0.800. The second kappa shape index (κ2) is 6.07. The third kappa shape index (κ3) is 2.89. The second-order valence-electron chi connectivity index (χ2n) is 5.34. The Hall–Kier alpha value is -2.53. The van der Waals surface area contributed by atoms with Gasteiger partial charge in [0.1, 0.15) is 0 Å². The number of anilines is 1. The number of pyridine rings is 1. The van der Waals surface area contributed by atoms with Crippen LogP contribution in [0.25, 0.3) is 22.2 Å². The normalized spacial score (nSPS) is 10.9. The summed E-state index contributed by atoms with van der Waals surface area (Å²) in [5.74, 6) is 0.738. The Labute approximate surface area is 129 Å². The number of rotatable bonds is 4. The van der Waals surface area contributed by atoms with E-state index in [-0.39, 0.29) is 6.61 Å². The molecule has 0 aliphatic heterocycles. The first-order chi connectivity index (χ1) is 10.7. The summed E-state index contributed by atoms with van der Waals surface area (Å²) in [4.78, 5) is 6.33. The highest BCUT2D eigenvalue weighted by Gasteiger charge is 2.06. The van der Waals surface area contributed by atoms with E-state index >= 15 is 0 Å². The Kier molecular flexibility index (Phi) is 3.98. The van der Waals surface area contributed by atoms with Gasteiger partial charge >= 0.3 is 0 Å². The zero-order chi connectivity index (χ0) is 15.5. The summed E-state index contributed by atoms with van der Waals surface area (Å²) in [5.41, 5.74) is 3.92. The van der Waals surface area contributed by atoms with Crippen LogP contribution in [-0.4, -0.2) is 40.5 Å². The third-order valence-corrected chi connectivity index (χ3v) is 3.61. The van der Waals surface area contributed by atoms with Crippen LogP contribution >= 0.6 is 0 Å². The minimum Gasteiger partial charge on any atom is -0.395 e. The number of nitrogens with zero attached hydrogens (tertiary/aromatic N) is 4. The minimum atomic E-state index is 0.0911. The van der Waals surface area contributed by atoms with Crippen molar-refractivity contribution in [1.82, 2.24) is 15.2 Å². The van der Waals surface area contributed by atoms with Gasteiger partial charge in [0.2, 0.25) is 0 Å². The van der Waals surface area contributed by atoms with Crippen LogP contribution in [0.4, 0.5) is 5.82 Å². The number of aryl methyl sites for hydroxylation is 1. The number of likely N-dealkylation sites (N-methyl/N-ethyl adjacent to an activating group) is 1. The zero-order valence-electron chi connectivity index (χ0n) is 12.7. The SMILES string of the molecule is Cc1ccc2ncc(-c3ccc(N(C)CCO)nn3)cc2c1. The van der Waals surface area contributed by atoms with E-state index in [0.29, 0.717) is 6.54 Å². The fraction of sp³-hybridized carbons (Fsp3) is 0.235. The van der Waals surface area contributed by atoms with Crippen LogP contribution in [0.1, 0.15) is 5.56 Å². The molecular weight excluding hydrogens is 276 g/mol. The Bertz CT molecular complexity index is 786. The standard InChI is InChI=1S/C17H18N4O/c1-12-3-4-15-13(9-12)10-14(11-18-15)16-5-6-17(20-19-16)21(2)7-8-22/h3-6,9-11,22H,7-8H2,1-2H3. The van der Waals surface area contributed by atoms with E-state index in [2.05, 4.69) is 40.3 Å². The van der Waals surface area contributed by atoms with Gasteiger partial charge in [-0.25, -0.2) is 0 Å². The fourth-order valence-electron chi connectivity index (χ4n) is 2.34. The van der Waals surface area contributed by atoms with E-state index in [4.69, 9.17) is 5.11 Å². The van der Waals surface area contributed by atoms with Crippen LogP contribution in [0.15, 0.2) is 42.6 Å². The van der Waals surface area contributed by atoms with E-state index in [9.17, 15) is 0 Å². The summed E-state index contributed by atoms with van der Waals surface area (Å²) in [7, 11) is 1.88. The molecule has 0 saturated heterocycles. The van der Waals surface area contributed by atoms with E-state index in [1.807, 2.05) is 36.3 Å². The van der Waals surface area contributed by atoms with Gasteiger partial charge < -0.3 is 10.0 Å². The summed E-state index contributed by atoms with van der Waals surface area (Å²) in [5, 5.41) is 18.5. The molecule has 0 aliphatic rings. The van der Waals surface area contributed by atoms with Crippen LogP contribution in [0.2, 0.25) is 0 Å². The first-order valence-electron chi connectivity index (χ1n) is 7.20. The van der Waals surface area contributed by atoms with Gasteiger partial charge in [-0.05, 0) is 37.3 Å². The van der Waals surface area contributed by atoms with Gasteiger partial charge in [-0.1, -0.05) is 11.6 Å². The summed E-state index contributed by atoms with van der Waals surface area (Å²) >= 11 is 0. The number of benzene rings is 1. The van der Waals surface area contributed by atoms with Gasteiger partial charge in [0.25, 0.3) is 0 Å². The first-order valence-corrected chi connectivity index (χ1v) is 7.20. The Balaban J connectivity index is 1.93. The molecular formula is C17H18N4O. The zero-order valence-corrected chi connectivity index (χ0v) is 12.7. The number of fused-ring (bicyclic) bond motifs is 1. The summed E-state index contributed by atoms with van der Waals surface area (Å²) in [6.45, 7) is 2.69. The monoisotopic (exact) mass is 294 g/mol. The maximum Gasteiger partial charge on any atom is 0.151 e. The fourth-order valence-corrected chi connectivity index (χ4v) is 2.34. The lowest BCUT2D eigenvalue weighted by molar-refractivity contribution is 0.303. The van der Waals surface area contributed by atoms with Gasteiger partial charge in [0.15, 0.2) is 5.82 Å². The number of hydrogen-bond donors (Lipinski definition) is 1. The topological polar surface area (TPSA) is 62.1 Å². The lowest BCUT2D eigenvalue weighted by Gasteiger charge is -2.15. The van der Waals surface area contributed by atoms with Crippen molar-refractivity contribution in [2.75, 3.05) is 25.1 Å². The van der Waals surface area contributed by atoms with Gasteiger partial charge in [-0.15, -0.1) is 10.2 Å². The predicted molar refractivity (Wildman–Crippen MR) is 87.9 cm³/mol. The van der Waals surface area contributed by atoms with Crippen LogP contribution in [0.5, 0.6) is 0 Å². The lowest BCUT2D eigenvalue weighted by Crippen LogP contribution is -2.22. The Morgan fingerprint density at radius 1 is 1.09 bits per heavy atom. The molecule has 0 amide bonds. The Morgan fingerprint density at radius 3 is 2.68 bits per heavy atom. The van der Waals surface area contributed by atoms with Crippen molar-refractivity contribution in [1.29, 1.82) is 0 Å². The maximum absolute atomic E-state index is 8.96. The van der Waals surface area contributed by atoms with E-state index < -0.39 is 0 Å². The van der Waals surface area contributed by atoms with Crippen LogP contribution in [0.3, 0.4) is 0 Å². The lowest BCUT2D eigenvalue weighted by atomic mass is 10.1. The molecule has 5 nitrogen and oxygen atoms in total. The highest BCUT2D eigenvalue weighted by Crippen LogP contribution is 2.22. The molecule has 0 radical (unpaired) electrons. The summed E-state index contributed by atoms with van der Waals surface area (Å²) < 4.78 is 0. The van der Waals surface area contributed by atoms with Crippen molar-refractivity contribution in [3.8, 4) is 11.3 Å². The van der Waals surface area contributed by atoms with Crippen molar-refractivity contribution < 1.29 is 5.11 Å². The smallest absolute Gasteiger partial charge is 0.151 e. The van der Waals surface area contributed by atoms with Crippen LogP contribution < -0.4 is 4.90 Å². The Morgan fingerprint density at radius 2 is 1.95 bits per heavy atom. The molecule has 2 heterocycles. The molecule has 0 unspecified atom stereocenters. The molecule has 1 aromatic carbocycles. The van der Waals surface area contributed by atoms with Crippen molar-refractivity contribution in [3.05, 3.63) is 48.2 Å². The van der Waals surface area contributed by atoms with E-state index in [1.165, 1.54) is 5.56 Å². The molecule has 5 heteroatoms.